The highest BCUT2D eigenvalue weighted by atomic mass is 35.5. The van der Waals surface area contributed by atoms with E-state index < -0.39 is 6.09 Å². The van der Waals surface area contributed by atoms with E-state index in [2.05, 4.69) is 35.6 Å². The van der Waals surface area contributed by atoms with Crippen molar-refractivity contribution in [3.05, 3.63) is 60.2 Å². The molecule has 32 heavy (non-hydrogen) atoms. The third kappa shape index (κ3) is 7.66. The van der Waals surface area contributed by atoms with Gasteiger partial charge in [-0.2, -0.15) is 0 Å². The van der Waals surface area contributed by atoms with E-state index in [1.807, 2.05) is 31.2 Å². The molecule has 3 aromatic carbocycles. The van der Waals surface area contributed by atoms with Crippen molar-refractivity contribution in [3.63, 3.8) is 0 Å². The minimum absolute atomic E-state index is 0.213. The molecule has 172 valence electrons. The number of nitrogens with one attached hydrogen (secondary N) is 1. The highest BCUT2D eigenvalue weighted by molar-refractivity contribution is 6.20. The maximum absolute atomic E-state index is 12.1. The number of halogens is 1. The number of alkyl carbamates (subject to hydrolysis) is 1. The average molecular weight is 458 g/mol. The van der Waals surface area contributed by atoms with E-state index in [0.29, 0.717) is 26.4 Å². The second-order valence-electron chi connectivity index (χ2n) is 7.80. The standard InChI is InChI=1S/C26H32ClNO4/c1-20(27)8-6-7-14-30-16-17-31-15-13-28-26(29)32-19-25-23-11-4-2-9-21(23)18-22-10-3-5-12-24(22)25/h2-5,9-12,18,20H,6-8,13-17,19H2,1H3,(H,28,29). The number of amides is 1. The van der Waals surface area contributed by atoms with Crippen molar-refractivity contribution < 1.29 is 19.0 Å². The van der Waals surface area contributed by atoms with Gasteiger partial charge in [0.25, 0.3) is 0 Å². The van der Waals surface area contributed by atoms with Gasteiger partial charge in [0.1, 0.15) is 6.61 Å². The Bertz CT molecular complexity index is 938. The molecule has 0 fully saturated rings. The maximum atomic E-state index is 12.1. The average Bonchev–Trinajstić information content (AvgIpc) is 2.80. The smallest absolute Gasteiger partial charge is 0.407 e. The molecule has 0 aliphatic rings. The molecule has 1 amide bonds. The summed E-state index contributed by atoms with van der Waals surface area (Å²) >= 11 is 5.91. The van der Waals surface area contributed by atoms with Crippen molar-refractivity contribution in [3.8, 4) is 0 Å². The summed E-state index contributed by atoms with van der Waals surface area (Å²) in [5.41, 5.74) is 1.02. The molecule has 0 radical (unpaired) electrons. The van der Waals surface area contributed by atoms with Crippen LogP contribution in [0.15, 0.2) is 54.6 Å². The van der Waals surface area contributed by atoms with Crippen LogP contribution in [0.4, 0.5) is 4.79 Å². The van der Waals surface area contributed by atoms with Gasteiger partial charge >= 0.3 is 6.09 Å². The van der Waals surface area contributed by atoms with E-state index in [9.17, 15) is 4.79 Å². The molecule has 0 bridgehead atoms. The van der Waals surface area contributed by atoms with E-state index in [1.54, 1.807) is 0 Å². The second kappa shape index (κ2) is 13.3. The molecule has 3 aromatic rings. The van der Waals surface area contributed by atoms with Crippen LogP contribution in [0.5, 0.6) is 0 Å². The van der Waals surface area contributed by atoms with Crippen LogP contribution in [0.3, 0.4) is 0 Å². The van der Waals surface area contributed by atoms with Crippen LogP contribution in [0.2, 0.25) is 0 Å². The summed E-state index contributed by atoms with van der Waals surface area (Å²) in [6.07, 6.45) is 2.65. The Balaban J connectivity index is 1.35. The lowest BCUT2D eigenvalue weighted by Gasteiger charge is -2.13. The lowest BCUT2D eigenvalue weighted by Crippen LogP contribution is -2.28. The molecule has 0 spiro atoms. The van der Waals surface area contributed by atoms with Gasteiger partial charge in [0, 0.05) is 24.1 Å². The van der Waals surface area contributed by atoms with Crippen LogP contribution in [0.25, 0.3) is 21.5 Å². The summed E-state index contributed by atoms with van der Waals surface area (Å²) in [6, 6.07) is 18.5. The summed E-state index contributed by atoms with van der Waals surface area (Å²) in [7, 11) is 0. The Morgan fingerprint density at radius 2 is 1.53 bits per heavy atom. The molecular weight excluding hydrogens is 426 g/mol. The third-order valence-electron chi connectivity index (χ3n) is 5.26. The Morgan fingerprint density at radius 3 is 2.19 bits per heavy atom. The molecule has 0 aliphatic carbocycles. The number of ether oxygens (including phenoxy) is 3. The quantitative estimate of drug-likeness (QED) is 0.193. The highest BCUT2D eigenvalue weighted by Gasteiger charge is 2.10. The summed E-state index contributed by atoms with van der Waals surface area (Å²) in [5, 5.41) is 7.43. The first-order valence-electron chi connectivity index (χ1n) is 11.2. The molecule has 0 aliphatic heterocycles. The first-order chi connectivity index (χ1) is 15.6. The summed E-state index contributed by atoms with van der Waals surface area (Å²) in [6.45, 7) is 4.80. The van der Waals surface area contributed by atoms with Gasteiger partial charge in [0.05, 0.1) is 19.8 Å². The van der Waals surface area contributed by atoms with Crippen LogP contribution in [0.1, 0.15) is 31.7 Å². The topological polar surface area (TPSA) is 56.8 Å². The van der Waals surface area contributed by atoms with Gasteiger partial charge in [-0.1, -0.05) is 48.5 Å². The zero-order valence-electron chi connectivity index (χ0n) is 18.6. The summed E-state index contributed by atoms with van der Waals surface area (Å²) < 4.78 is 16.5. The van der Waals surface area contributed by atoms with Crippen molar-refractivity contribution in [1.82, 2.24) is 5.32 Å². The second-order valence-corrected chi connectivity index (χ2v) is 8.55. The number of alkyl halides is 1. The van der Waals surface area contributed by atoms with E-state index in [4.69, 9.17) is 25.8 Å². The number of hydrogen-bond donors (Lipinski definition) is 1. The van der Waals surface area contributed by atoms with Gasteiger partial charge < -0.3 is 19.5 Å². The largest absolute Gasteiger partial charge is 0.445 e. The number of fused-ring (bicyclic) bond motifs is 2. The molecule has 0 heterocycles. The minimum Gasteiger partial charge on any atom is -0.445 e. The van der Waals surface area contributed by atoms with E-state index in [0.717, 1.165) is 53.0 Å². The minimum atomic E-state index is -0.449. The number of hydrogen-bond acceptors (Lipinski definition) is 4. The van der Waals surface area contributed by atoms with Crippen LogP contribution in [-0.2, 0) is 20.8 Å². The summed E-state index contributed by atoms with van der Waals surface area (Å²) in [4.78, 5) is 12.1. The van der Waals surface area contributed by atoms with Crippen LogP contribution in [0, 0.1) is 0 Å². The number of carbonyl (C=O) groups is 1. The summed E-state index contributed by atoms with van der Waals surface area (Å²) in [5.74, 6) is 0. The van der Waals surface area contributed by atoms with Crippen molar-refractivity contribution in [2.75, 3.05) is 33.0 Å². The van der Waals surface area contributed by atoms with E-state index in [-0.39, 0.29) is 12.0 Å². The predicted octanol–water partition coefficient (Wildman–Crippen LogP) is 6.05. The monoisotopic (exact) mass is 457 g/mol. The van der Waals surface area contributed by atoms with Crippen LogP contribution >= 0.6 is 11.6 Å². The fourth-order valence-electron chi connectivity index (χ4n) is 3.63. The fourth-order valence-corrected chi connectivity index (χ4v) is 3.78. The Hall–Kier alpha value is -2.34. The Labute approximate surface area is 195 Å². The molecule has 1 N–H and O–H groups in total. The fraction of sp³-hybridized carbons (Fsp3) is 0.423. The number of unbranched alkanes of at least 4 members (excludes halogenated alkanes) is 1. The molecule has 1 unspecified atom stereocenters. The van der Waals surface area contributed by atoms with Gasteiger partial charge in [-0.25, -0.2) is 4.79 Å². The molecule has 6 heteroatoms. The Morgan fingerprint density at radius 1 is 0.906 bits per heavy atom. The molecule has 0 saturated heterocycles. The lowest BCUT2D eigenvalue weighted by molar-refractivity contribution is 0.0468. The SMILES string of the molecule is CC(Cl)CCCCOCCOCCNC(=O)OCc1c2ccccc2cc2ccccc12. The molecule has 5 nitrogen and oxygen atoms in total. The van der Waals surface area contributed by atoms with E-state index >= 15 is 0 Å². The number of rotatable bonds is 13. The van der Waals surface area contributed by atoms with Crippen LogP contribution in [-0.4, -0.2) is 44.4 Å². The molecule has 0 saturated carbocycles. The normalized spacial score (nSPS) is 12.2. The van der Waals surface area contributed by atoms with Gasteiger partial charge in [0.2, 0.25) is 0 Å². The molecule has 0 aromatic heterocycles. The van der Waals surface area contributed by atoms with Gasteiger partial charge in [-0.15, -0.1) is 11.6 Å². The van der Waals surface area contributed by atoms with Crippen molar-refractivity contribution in [1.29, 1.82) is 0 Å². The van der Waals surface area contributed by atoms with Crippen molar-refractivity contribution in [2.45, 2.75) is 38.2 Å². The zero-order valence-corrected chi connectivity index (χ0v) is 19.4. The first-order valence-corrected chi connectivity index (χ1v) is 11.7. The van der Waals surface area contributed by atoms with Crippen molar-refractivity contribution >= 4 is 39.2 Å². The highest BCUT2D eigenvalue weighted by Crippen LogP contribution is 2.29. The molecule has 3 rings (SSSR count). The zero-order chi connectivity index (χ0) is 22.6. The lowest BCUT2D eigenvalue weighted by atomic mass is 9.97. The van der Waals surface area contributed by atoms with Gasteiger partial charge in [0.15, 0.2) is 0 Å². The predicted molar refractivity (Wildman–Crippen MR) is 130 cm³/mol. The van der Waals surface area contributed by atoms with E-state index in [1.165, 1.54) is 0 Å². The third-order valence-corrected chi connectivity index (χ3v) is 5.48. The number of benzene rings is 3. The first kappa shape index (κ1) is 24.3. The van der Waals surface area contributed by atoms with Crippen molar-refractivity contribution in [2.24, 2.45) is 0 Å². The Kier molecular flexibility index (Phi) is 10.1. The molecule has 1 atom stereocenters. The van der Waals surface area contributed by atoms with Gasteiger partial charge in [-0.05, 0) is 53.8 Å². The number of carbonyl (C=O) groups excluding carboxylic acids is 1. The van der Waals surface area contributed by atoms with Crippen LogP contribution < -0.4 is 5.32 Å². The molecular formula is C26H32ClNO4. The van der Waals surface area contributed by atoms with Gasteiger partial charge in [-0.3, -0.25) is 0 Å². The maximum Gasteiger partial charge on any atom is 0.407 e.